The lowest BCUT2D eigenvalue weighted by atomic mass is 10.1. The Balaban J connectivity index is 2.97. The van der Waals surface area contributed by atoms with Crippen LogP contribution in [0.1, 0.15) is 0 Å². The molecule has 0 aromatic heterocycles. The van der Waals surface area contributed by atoms with Gasteiger partial charge in [-0.05, 0) is 22.0 Å². The van der Waals surface area contributed by atoms with Gasteiger partial charge < -0.3 is 0 Å². The maximum absolute atomic E-state index is 13.4. The highest BCUT2D eigenvalue weighted by Gasteiger charge is 2.08. The van der Waals surface area contributed by atoms with E-state index >= 15 is 0 Å². The average Bonchev–Trinajstić information content (AvgIpc) is 2.15. The molecule has 0 heterocycles. The van der Waals surface area contributed by atoms with Crippen LogP contribution in [0.2, 0.25) is 0 Å². The predicted molar refractivity (Wildman–Crippen MR) is 51.6 cm³/mol. The second-order valence-corrected chi connectivity index (χ2v) is 3.55. The first kappa shape index (κ1) is 8.63. The summed E-state index contributed by atoms with van der Waals surface area (Å²) in [6.45, 7) is 0. The Hall–Kier alpha value is -0.960. The largest absolute Gasteiger partial charge is 0.206 e. The summed E-state index contributed by atoms with van der Waals surface area (Å²) in [5, 5.41) is 0.609. The number of fused-ring (bicyclic) bond motifs is 1. The van der Waals surface area contributed by atoms with E-state index < -0.39 is 11.6 Å². The summed E-state index contributed by atoms with van der Waals surface area (Å²) >= 11 is 2.95. The minimum absolute atomic E-state index is 0.156. The van der Waals surface area contributed by atoms with Gasteiger partial charge in [0.1, 0.15) is 11.6 Å². The molecule has 0 atom stereocenters. The maximum atomic E-state index is 13.4. The molecule has 0 aliphatic rings. The lowest BCUT2D eigenvalue weighted by molar-refractivity contribution is 0.612. The summed E-state index contributed by atoms with van der Waals surface area (Å²) in [6.07, 6.45) is 0. The minimum atomic E-state index is -0.419. The molecule has 0 nitrogen and oxygen atoms in total. The van der Waals surface area contributed by atoms with Gasteiger partial charge in [0.05, 0.1) is 4.47 Å². The molecule has 2 aromatic rings. The Morgan fingerprint density at radius 1 is 1.00 bits per heavy atom. The Morgan fingerprint density at radius 2 is 1.62 bits per heavy atom. The van der Waals surface area contributed by atoms with Crippen molar-refractivity contribution in [2.75, 3.05) is 0 Å². The van der Waals surface area contributed by atoms with Crippen molar-refractivity contribution in [3.8, 4) is 0 Å². The van der Waals surface area contributed by atoms with Crippen LogP contribution in [0.15, 0.2) is 34.8 Å². The number of rotatable bonds is 0. The predicted octanol–water partition coefficient (Wildman–Crippen LogP) is 3.88. The molecule has 0 aliphatic carbocycles. The van der Waals surface area contributed by atoms with E-state index in [9.17, 15) is 8.78 Å². The highest BCUT2D eigenvalue weighted by atomic mass is 79.9. The fourth-order valence-electron chi connectivity index (χ4n) is 1.26. The molecule has 2 rings (SSSR count). The van der Waals surface area contributed by atoms with Gasteiger partial charge >= 0.3 is 0 Å². The fourth-order valence-corrected chi connectivity index (χ4v) is 1.68. The molecular weight excluding hydrogens is 238 g/mol. The van der Waals surface area contributed by atoms with Crippen LogP contribution in [-0.4, -0.2) is 0 Å². The van der Waals surface area contributed by atoms with Crippen molar-refractivity contribution in [2.45, 2.75) is 0 Å². The molecular formula is C10H5BrF2. The Morgan fingerprint density at radius 3 is 2.31 bits per heavy atom. The van der Waals surface area contributed by atoms with Gasteiger partial charge in [0.2, 0.25) is 0 Å². The fraction of sp³-hybridized carbons (Fsp3) is 0. The van der Waals surface area contributed by atoms with E-state index in [1.54, 1.807) is 24.3 Å². The van der Waals surface area contributed by atoms with Gasteiger partial charge in [0.25, 0.3) is 0 Å². The highest BCUT2D eigenvalue weighted by Crippen LogP contribution is 2.27. The first-order valence-corrected chi connectivity index (χ1v) is 4.51. The number of hydrogen-bond donors (Lipinski definition) is 0. The third-order valence-corrected chi connectivity index (χ3v) is 2.46. The molecule has 0 unspecified atom stereocenters. The van der Waals surface area contributed by atoms with Crippen LogP contribution in [0.4, 0.5) is 8.78 Å². The molecule has 0 saturated carbocycles. The molecule has 0 aliphatic heterocycles. The zero-order valence-corrected chi connectivity index (χ0v) is 8.11. The molecule has 13 heavy (non-hydrogen) atoms. The van der Waals surface area contributed by atoms with Crippen LogP contribution < -0.4 is 0 Å². The zero-order chi connectivity index (χ0) is 9.42. The molecule has 0 N–H and O–H groups in total. The quantitative estimate of drug-likeness (QED) is 0.616. The van der Waals surface area contributed by atoms with Gasteiger partial charge in [-0.1, -0.05) is 24.3 Å². The summed E-state index contributed by atoms with van der Waals surface area (Å²) < 4.78 is 26.8. The van der Waals surface area contributed by atoms with E-state index in [1.165, 1.54) is 0 Å². The topological polar surface area (TPSA) is 0 Å². The number of halogens is 3. The Labute approximate surface area is 82.3 Å². The van der Waals surface area contributed by atoms with Crippen molar-refractivity contribution in [3.05, 3.63) is 46.4 Å². The molecule has 0 amide bonds. The third-order valence-electron chi connectivity index (χ3n) is 1.88. The Kier molecular flexibility index (Phi) is 2.04. The van der Waals surface area contributed by atoms with Crippen LogP contribution in [0.5, 0.6) is 0 Å². The molecule has 0 fully saturated rings. The Bertz CT molecular complexity index is 466. The standard InChI is InChI=1S/C10H5BrF2/c11-8-5-9(12)6-3-1-2-4-7(6)10(8)13/h1-5H. The zero-order valence-electron chi connectivity index (χ0n) is 6.52. The molecule has 0 bridgehead atoms. The molecule has 0 radical (unpaired) electrons. The smallest absolute Gasteiger partial charge is 0.145 e. The van der Waals surface area contributed by atoms with Crippen LogP contribution in [0.3, 0.4) is 0 Å². The van der Waals surface area contributed by atoms with Gasteiger partial charge in [-0.15, -0.1) is 0 Å². The summed E-state index contributed by atoms with van der Waals surface area (Å²) in [5.41, 5.74) is 0. The molecule has 0 saturated heterocycles. The summed E-state index contributed by atoms with van der Waals surface area (Å²) in [6, 6.07) is 7.60. The maximum Gasteiger partial charge on any atom is 0.145 e. The van der Waals surface area contributed by atoms with Gasteiger partial charge in [-0.3, -0.25) is 0 Å². The third kappa shape index (κ3) is 1.33. The lowest BCUT2D eigenvalue weighted by Gasteiger charge is -2.02. The van der Waals surface area contributed by atoms with E-state index in [1.807, 2.05) is 0 Å². The highest BCUT2D eigenvalue weighted by molar-refractivity contribution is 9.10. The molecule has 66 valence electrons. The minimum Gasteiger partial charge on any atom is -0.206 e. The van der Waals surface area contributed by atoms with Crippen LogP contribution in [0, 0.1) is 11.6 Å². The van der Waals surface area contributed by atoms with Crippen molar-refractivity contribution < 1.29 is 8.78 Å². The van der Waals surface area contributed by atoms with Crippen molar-refractivity contribution >= 4 is 26.7 Å². The van der Waals surface area contributed by atoms with Crippen molar-refractivity contribution in [3.63, 3.8) is 0 Å². The van der Waals surface area contributed by atoms with Crippen molar-refractivity contribution in [1.29, 1.82) is 0 Å². The first-order chi connectivity index (χ1) is 6.20. The van der Waals surface area contributed by atoms with Crippen molar-refractivity contribution in [2.24, 2.45) is 0 Å². The van der Waals surface area contributed by atoms with Crippen molar-refractivity contribution in [1.82, 2.24) is 0 Å². The molecule has 2 aromatic carbocycles. The monoisotopic (exact) mass is 242 g/mol. The summed E-state index contributed by atoms with van der Waals surface area (Å²) in [7, 11) is 0. The second kappa shape index (κ2) is 3.07. The number of hydrogen-bond acceptors (Lipinski definition) is 0. The normalized spacial score (nSPS) is 10.7. The van der Waals surface area contributed by atoms with Gasteiger partial charge in [-0.2, -0.15) is 0 Å². The van der Waals surface area contributed by atoms with Gasteiger partial charge in [0.15, 0.2) is 0 Å². The molecule has 0 spiro atoms. The first-order valence-electron chi connectivity index (χ1n) is 3.72. The SMILES string of the molecule is Fc1cc(Br)c(F)c2ccccc12. The lowest BCUT2D eigenvalue weighted by Crippen LogP contribution is -1.85. The summed E-state index contributed by atoms with van der Waals surface area (Å²) in [5.74, 6) is -0.833. The van der Waals surface area contributed by atoms with Crippen LogP contribution in [0.25, 0.3) is 10.8 Å². The van der Waals surface area contributed by atoms with Gasteiger partial charge in [0, 0.05) is 10.8 Å². The van der Waals surface area contributed by atoms with E-state index in [4.69, 9.17) is 0 Å². The second-order valence-electron chi connectivity index (χ2n) is 2.70. The molecule has 3 heteroatoms. The van der Waals surface area contributed by atoms with E-state index in [0.29, 0.717) is 10.8 Å². The van der Waals surface area contributed by atoms with Crippen LogP contribution >= 0.6 is 15.9 Å². The van der Waals surface area contributed by atoms with E-state index in [2.05, 4.69) is 15.9 Å². The van der Waals surface area contributed by atoms with Gasteiger partial charge in [-0.25, -0.2) is 8.78 Å². The van der Waals surface area contributed by atoms with Crippen LogP contribution in [-0.2, 0) is 0 Å². The summed E-state index contributed by atoms with van der Waals surface area (Å²) in [4.78, 5) is 0. The average molecular weight is 243 g/mol. The van der Waals surface area contributed by atoms with E-state index in [-0.39, 0.29) is 4.47 Å². The number of benzene rings is 2. The van der Waals surface area contributed by atoms with E-state index in [0.717, 1.165) is 6.07 Å².